The van der Waals surface area contributed by atoms with Gasteiger partial charge in [0, 0.05) is 0 Å². The van der Waals surface area contributed by atoms with E-state index in [4.69, 9.17) is 14.9 Å². The third kappa shape index (κ3) is 3.80. The molecule has 0 heterocycles. The Morgan fingerprint density at radius 3 is 2.00 bits per heavy atom. The summed E-state index contributed by atoms with van der Waals surface area (Å²) in [6.45, 7) is 3.30. The average molecular weight is 166 g/mol. The minimum absolute atomic E-state index is 0.677. The van der Waals surface area contributed by atoms with E-state index in [0.29, 0.717) is 5.57 Å². The van der Waals surface area contributed by atoms with E-state index in [1.54, 1.807) is 13.8 Å². The van der Waals surface area contributed by atoms with Crippen molar-refractivity contribution in [2.24, 2.45) is 0 Å². The van der Waals surface area contributed by atoms with Crippen LogP contribution in [0, 0.1) is 0 Å². The summed E-state index contributed by atoms with van der Waals surface area (Å²) in [7, 11) is -4.33. The SMILES string of the molecule is CC(C)=C[C@H](O)P(=O)(O)O. The van der Waals surface area contributed by atoms with Gasteiger partial charge in [-0.15, -0.1) is 0 Å². The first-order valence-electron chi connectivity index (χ1n) is 2.72. The zero-order valence-corrected chi connectivity index (χ0v) is 6.75. The van der Waals surface area contributed by atoms with Gasteiger partial charge in [-0.3, -0.25) is 4.57 Å². The van der Waals surface area contributed by atoms with E-state index in [1.165, 1.54) is 0 Å². The molecule has 0 saturated carbocycles. The van der Waals surface area contributed by atoms with Gasteiger partial charge in [0.2, 0.25) is 0 Å². The van der Waals surface area contributed by atoms with Crippen molar-refractivity contribution >= 4 is 7.60 Å². The maximum atomic E-state index is 10.3. The molecule has 5 heteroatoms. The Labute approximate surface area is 59.4 Å². The maximum absolute atomic E-state index is 10.3. The zero-order valence-electron chi connectivity index (χ0n) is 5.85. The number of allylic oxidation sites excluding steroid dienone is 1. The summed E-state index contributed by atoms with van der Waals surface area (Å²) in [4.78, 5) is 16.7. The first kappa shape index (κ1) is 9.85. The largest absolute Gasteiger partial charge is 0.377 e. The van der Waals surface area contributed by atoms with Gasteiger partial charge < -0.3 is 14.9 Å². The van der Waals surface area contributed by atoms with Crippen molar-refractivity contribution in [3.63, 3.8) is 0 Å². The summed E-state index contributed by atoms with van der Waals surface area (Å²) in [5, 5.41) is 8.72. The summed E-state index contributed by atoms with van der Waals surface area (Å²) in [5.74, 6) is -1.66. The molecule has 4 nitrogen and oxygen atoms in total. The van der Waals surface area contributed by atoms with Crippen LogP contribution in [-0.4, -0.2) is 20.7 Å². The lowest BCUT2D eigenvalue weighted by Gasteiger charge is -2.07. The molecule has 0 aromatic heterocycles. The zero-order chi connectivity index (χ0) is 8.36. The number of aliphatic hydroxyl groups is 1. The van der Waals surface area contributed by atoms with Crippen LogP contribution in [-0.2, 0) is 4.57 Å². The van der Waals surface area contributed by atoms with Crippen molar-refractivity contribution in [1.29, 1.82) is 0 Å². The van der Waals surface area contributed by atoms with Crippen LogP contribution in [0.4, 0.5) is 0 Å². The molecule has 10 heavy (non-hydrogen) atoms. The van der Waals surface area contributed by atoms with Crippen molar-refractivity contribution in [3.05, 3.63) is 11.6 Å². The number of rotatable bonds is 2. The normalized spacial score (nSPS) is 14.5. The minimum Gasteiger partial charge on any atom is -0.377 e. The molecule has 0 unspecified atom stereocenters. The smallest absolute Gasteiger partial charge is 0.357 e. The first-order chi connectivity index (χ1) is 4.34. The van der Waals surface area contributed by atoms with Crippen LogP contribution in [0.1, 0.15) is 13.8 Å². The summed E-state index contributed by atoms with van der Waals surface area (Å²) < 4.78 is 10.3. The standard InChI is InChI=1S/C5H11O4P/c1-4(2)3-5(6)10(7,8)9/h3,5-6H,1-2H3,(H2,7,8,9)/t5-/m1/s1. The predicted octanol–water partition coefficient (Wildman–Crippen LogP) is 0.449. The van der Waals surface area contributed by atoms with E-state index in [2.05, 4.69) is 0 Å². The van der Waals surface area contributed by atoms with Crippen LogP contribution >= 0.6 is 7.60 Å². The van der Waals surface area contributed by atoms with E-state index in [0.717, 1.165) is 6.08 Å². The monoisotopic (exact) mass is 166 g/mol. The molecule has 0 bridgehead atoms. The van der Waals surface area contributed by atoms with Gasteiger partial charge in [-0.05, 0) is 19.9 Å². The molecular formula is C5H11O4P. The number of hydrogen-bond acceptors (Lipinski definition) is 2. The van der Waals surface area contributed by atoms with Crippen LogP contribution < -0.4 is 0 Å². The molecule has 0 aromatic rings. The summed E-state index contributed by atoms with van der Waals surface area (Å²) >= 11 is 0. The average Bonchev–Trinajstić information content (AvgIpc) is 1.60. The summed E-state index contributed by atoms with van der Waals surface area (Å²) in [6, 6.07) is 0. The van der Waals surface area contributed by atoms with Crippen molar-refractivity contribution in [2.75, 3.05) is 0 Å². The molecule has 0 radical (unpaired) electrons. The second-order valence-electron chi connectivity index (χ2n) is 2.25. The van der Waals surface area contributed by atoms with Crippen molar-refractivity contribution in [3.8, 4) is 0 Å². The Bertz CT molecular complexity index is 176. The molecule has 60 valence electrons. The molecule has 0 aliphatic rings. The van der Waals surface area contributed by atoms with E-state index in [9.17, 15) is 4.57 Å². The van der Waals surface area contributed by atoms with E-state index in [1.807, 2.05) is 0 Å². The molecule has 0 aliphatic carbocycles. The fourth-order valence-corrected chi connectivity index (χ4v) is 0.888. The molecule has 3 N–H and O–H groups in total. The fraction of sp³-hybridized carbons (Fsp3) is 0.600. The minimum atomic E-state index is -4.33. The molecule has 1 atom stereocenters. The van der Waals surface area contributed by atoms with Crippen LogP contribution in [0.5, 0.6) is 0 Å². The number of hydrogen-bond donors (Lipinski definition) is 3. The highest BCUT2D eigenvalue weighted by atomic mass is 31.2. The highest BCUT2D eigenvalue weighted by Gasteiger charge is 2.23. The maximum Gasteiger partial charge on any atom is 0.357 e. The van der Waals surface area contributed by atoms with Gasteiger partial charge in [-0.1, -0.05) is 5.57 Å². The molecule has 0 aliphatic heterocycles. The Morgan fingerprint density at radius 1 is 1.50 bits per heavy atom. The van der Waals surface area contributed by atoms with Crippen LogP contribution in [0.25, 0.3) is 0 Å². The van der Waals surface area contributed by atoms with Crippen molar-refractivity contribution < 1.29 is 19.5 Å². The third-order valence-corrected chi connectivity index (χ3v) is 1.67. The fourth-order valence-electron chi connectivity index (χ4n) is 0.395. The molecule has 0 fully saturated rings. The van der Waals surface area contributed by atoms with E-state index in [-0.39, 0.29) is 0 Å². The Morgan fingerprint density at radius 2 is 1.90 bits per heavy atom. The topological polar surface area (TPSA) is 77.8 Å². The lowest BCUT2D eigenvalue weighted by molar-refractivity contribution is 0.238. The highest BCUT2D eigenvalue weighted by Crippen LogP contribution is 2.40. The van der Waals surface area contributed by atoms with Crippen LogP contribution in [0.3, 0.4) is 0 Å². The Balaban J connectivity index is 4.26. The van der Waals surface area contributed by atoms with E-state index >= 15 is 0 Å². The molecule has 0 spiro atoms. The molecule has 0 amide bonds. The second kappa shape index (κ2) is 3.30. The number of aliphatic hydroxyl groups excluding tert-OH is 1. The van der Waals surface area contributed by atoms with Crippen LogP contribution in [0.2, 0.25) is 0 Å². The van der Waals surface area contributed by atoms with Gasteiger partial charge in [-0.25, -0.2) is 0 Å². The molecule has 0 aromatic carbocycles. The molecule has 0 rings (SSSR count). The lowest BCUT2D eigenvalue weighted by atomic mass is 10.3. The van der Waals surface area contributed by atoms with E-state index < -0.39 is 13.4 Å². The van der Waals surface area contributed by atoms with Crippen LogP contribution in [0.15, 0.2) is 11.6 Å². The molecule has 0 saturated heterocycles. The summed E-state index contributed by atoms with van der Waals surface area (Å²) in [5.41, 5.74) is 0.677. The van der Waals surface area contributed by atoms with Gasteiger partial charge in [0.25, 0.3) is 0 Å². The second-order valence-corrected chi connectivity index (χ2v) is 3.95. The van der Waals surface area contributed by atoms with Crippen molar-refractivity contribution in [1.82, 2.24) is 0 Å². The molecular weight excluding hydrogens is 155 g/mol. The van der Waals surface area contributed by atoms with Gasteiger partial charge in [-0.2, -0.15) is 0 Å². The van der Waals surface area contributed by atoms with Gasteiger partial charge in [0.05, 0.1) is 0 Å². The van der Waals surface area contributed by atoms with Crippen molar-refractivity contribution in [2.45, 2.75) is 19.7 Å². The van der Waals surface area contributed by atoms with Gasteiger partial charge in [0.15, 0.2) is 5.85 Å². The summed E-state index contributed by atoms with van der Waals surface area (Å²) in [6.07, 6.45) is 1.13. The Kier molecular flexibility index (Phi) is 3.25. The predicted molar refractivity (Wildman–Crippen MR) is 37.5 cm³/mol. The highest BCUT2D eigenvalue weighted by molar-refractivity contribution is 7.52. The Hall–Kier alpha value is -0.150. The quantitative estimate of drug-likeness (QED) is 0.411. The third-order valence-electron chi connectivity index (χ3n) is 0.827. The van der Waals surface area contributed by atoms with Gasteiger partial charge >= 0.3 is 7.60 Å². The lowest BCUT2D eigenvalue weighted by Crippen LogP contribution is -2.02. The van der Waals surface area contributed by atoms with Gasteiger partial charge in [0.1, 0.15) is 0 Å². The first-order valence-corrected chi connectivity index (χ1v) is 4.40.